The van der Waals surface area contributed by atoms with E-state index in [9.17, 15) is 4.79 Å². The number of hydrogen-bond acceptors (Lipinski definition) is 2. The standard InChI is InChI=1S/C15H20O2/c1-3-6-11(2)15(16)13-9-10-17-14-8-5-4-7-12(13)14/h4-5,7-8,11,13H,3,6,9-10H2,1-2H3. The maximum atomic E-state index is 12.4. The highest BCUT2D eigenvalue weighted by molar-refractivity contribution is 5.88. The Morgan fingerprint density at radius 3 is 3.00 bits per heavy atom. The summed E-state index contributed by atoms with van der Waals surface area (Å²) in [6, 6.07) is 7.93. The quantitative estimate of drug-likeness (QED) is 0.793. The van der Waals surface area contributed by atoms with Gasteiger partial charge in [-0.15, -0.1) is 0 Å². The number of carbonyl (C=O) groups is 1. The number of ketones is 1. The van der Waals surface area contributed by atoms with Gasteiger partial charge in [-0.1, -0.05) is 38.5 Å². The van der Waals surface area contributed by atoms with Gasteiger partial charge in [0.15, 0.2) is 0 Å². The predicted octanol–water partition coefficient (Wildman–Crippen LogP) is 3.56. The van der Waals surface area contributed by atoms with Gasteiger partial charge in [-0.3, -0.25) is 4.79 Å². The third kappa shape index (κ3) is 2.51. The maximum absolute atomic E-state index is 12.4. The van der Waals surface area contributed by atoms with Crippen molar-refractivity contribution in [1.29, 1.82) is 0 Å². The molecule has 0 N–H and O–H groups in total. The zero-order chi connectivity index (χ0) is 12.3. The van der Waals surface area contributed by atoms with Gasteiger partial charge < -0.3 is 4.74 Å². The molecule has 1 heterocycles. The summed E-state index contributed by atoms with van der Waals surface area (Å²) in [6.45, 7) is 4.83. The summed E-state index contributed by atoms with van der Waals surface area (Å²) < 4.78 is 5.59. The fraction of sp³-hybridized carbons (Fsp3) is 0.533. The third-order valence-electron chi connectivity index (χ3n) is 3.51. The van der Waals surface area contributed by atoms with E-state index in [1.54, 1.807) is 0 Å². The van der Waals surface area contributed by atoms with Crippen molar-refractivity contribution in [3.8, 4) is 5.75 Å². The number of para-hydroxylation sites is 1. The van der Waals surface area contributed by atoms with Crippen LogP contribution in [0.4, 0.5) is 0 Å². The molecule has 2 nitrogen and oxygen atoms in total. The molecule has 1 aliphatic heterocycles. The van der Waals surface area contributed by atoms with E-state index >= 15 is 0 Å². The van der Waals surface area contributed by atoms with Crippen LogP contribution in [0.25, 0.3) is 0 Å². The van der Waals surface area contributed by atoms with Gasteiger partial charge in [0.05, 0.1) is 6.61 Å². The van der Waals surface area contributed by atoms with E-state index in [4.69, 9.17) is 4.74 Å². The third-order valence-corrected chi connectivity index (χ3v) is 3.51. The molecule has 2 unspecified atom stereocenters. The Morgan fingerprint density at radius 2 is 2.24 bits per heavy atom. The SMILES string of the molecule is CCCC(C)C(=O)C1CCOc2ccccc21. The second-order valence-electron chi connectivity index (χ2n) is 4.82. The van der Waals surface area contributed by atoms with E-state index in [1.807, 2.05) is 31.2 Å². The van der Waals surface area contributed by atoms with Crippen LogP contribution in [0, 0.1) is 5.92 Å². The van der Waals surface area contributed by atoms with Crippen LogP contribution in [-0.2, 0) is 4.79 Å². The molecule has 2 rings (SSSR count). The Labute approximate surface area is 103 Å². The molecule has 0 bridgehead atoms. The number of carbonyl (C=O) groups excluding carboxylic acids is 1. The van der Waals surface area contributed by atoms with E-state index in [2.05, 4.69) is 6.92 Å². The number of hydrogen-bond donors (Lipinski definition) is 0. The molecule has 1 aromatic carbocycles. The molecule has 0 spiro atoms. The van der Waals surface area contributed by atoms with Crippen LogP contribution in [0.5, 0.6) is 5.75 Å². The van der Waals surface area contributed by atoms with E-state index in [0.717, 1.165) is 30.6 Å². The number of Topliss-reactive ketones (excluding diaryl/α,β-unsaturated/α-hetero) is 1. The summed E-state index contributed by atoms with van der Waals surface area (Å²) in [5.41, 5.74) is 1.08. The van der Waals surface area contributed by atoms with E-state index in [-0.39, 0.29) is 11.8 Å². The Balaban J connectivity index is 2.20. The van der Waals surface area contributed by atoms with Crippen molar-refractivity contribution in [3.63, 3.8) is 0 Å². The monoisotopic (exact) mass is 232 g/mol. The number of rotatable bonds is 4. The van der Waals surface area contributed by atoms with Gasteiger partial charge in [-0.2, -0.15) is 0 Å². The lowest BCUT2D eigenvalue weighted by molar-refractivity contribution is -0.124. The highest BCUT2D eigenvalue weighted by Gasteiger charge is 2.29. The first kappa shape index (κ1) is 12.2. The first-order valence-electron chi connectivity index (χ1n) is 6.49. The zero-order valence-electron chi connectivity index (χ0n) is 10.6. The minimum Gasteiger partial charge on any atom is -0.493 e. The first-order valence-corrected chi connectivity index (χ1v) is 6.49. The van der Waals surface area contributed by atoms with Crippen molar-refractivity contribution in [1.82, 2.24) is 0 Å². The van der Waals surface area contributed by atoms with Crippen LogP contribution >= 0.6 is 0 Å². The smallest absolute Gasteiger partial charge is 0.143 e. The average molecular weight is 232 g/mol. The average Bonchev–Trinajstić information content (AvgIpc) is 2.37. The second kappa shape index (κ2) is 5.35. The van der Waals surface area contributed by atoms with Crippen LogP contribution in [0.15, 0.2) is 24.3 Å². The van der Waals surface area contributed by atoms with Crippen LogP contribution in [-0.4, -0.2) is 12.4 Å². The highest BCUT2D eigenvalue weighted by Crippen LogP contribution is 2.35. The van der Waals surface area contributed by atoms with Crippen molar-refractivity contribution >= 4 is 5.78 Å². The molecule has 0 fully saturated rings. The van der Waals surface area contributed by atoms with E-state index in [1.165, 1.54) is 0 Å². The van der Waals surface area contributed by atoms with Gasteiger partial charge in [-0.05, 0) is 18.9 Å². The lowest BCUT2D eigenvalue weighted by atomic mass is 9.83. The molecule has 1 aliphatic rings. The van der Waals surface area contributed by atoms with Crippen molar-refractivity contribution in [2.45, 2.75) is 39.0 Å². The molecule has 92 valence electrons. The summed E-state index contributed by atoms with van der Waals surface area (Å²) in [5.74, 6) is 1.47. The van der Waals surface area contributed by atoms with Crippen LogP contribution in [0.1, 0.15) is 44.6 Å². The molecule has 0 aromatic heterocycles. The van der Waals surface area contributed by atoms with Gasteiger partial charge in [0.25, 0.3) is 0 Å². The summed E-state index contributed by atoms with van der Waals surface area (Å²) in [6.07, 6.45) is 2.88. The van der Waals surface area contributed by atoms with Gasteiger partial charge >= 0.3 is 0 Å². The zero-order valence-corrected chi connectivity index (χ0v) is 10.6. The van der Waals surface area contributed by atoms with Gasteiger partial charge in [-0.25, -0.2) is 0 Å². The minimum absolute atomic E-state index is 0.0431. The molecule has 2 atom stereocenters. The molecular weight excluding hydrogens is 212 g/mol. The maximum Gasteiger partial charge on any atom is 0.143 e. The number of ether oxygens (including phenoxy) is 1. The lowest BCUT2D eigenvalue weighted by Crippen LogP contribution is -2.25. The van der Waals surface area contributed by atoms with Crippen molar-refractivity contribution in [3.05, 3.63) is 29.8 Å². The Kier molecular flexibility index (Phi) is 3.82. The fourth-order valence-electron chi connectivity index (χ4n) is 2.56. The molecule has 2 heteroatoms. The molecule has 0 saturated heterocycles. The Hall–Kier alpha value is -1.31. The lowest BCUT2D eigenvalue weighted by Gasteiger charge is -2.26. The predicted molar refractivity (Wildman–Crippen MR) is 68.4 cm³/mol. The molecule has 0 radical (unpaired) electrons. The molecular formula is C15H20O2. The molecule has 17 heavy (non-hydrogen) atoms. The summed E-state index contributed by atoms with van der Waals surface area (Å²) in [5, 5.41) is 0. The van der Waals surface area contributed by atoms with Crippen molar-refractivity contribution < 1.29 is 9.53 Å². The summed E-state index contributed by atoms with van der Waals surface area (Å²) in [4.78, 5) is 12.4. The number of benzene rings is 1. The highest BCUT2D eigenvalue weighted by atomic mass is 16.5. The van der Waals surface area contributed by atoms with Gasteiger partial charge in [0.1, 0.15) is 11.5 Å². The Bertz CT molecular complexity index is 398. The molecule has 0 saturated carbocycles. The van der Waals surface area contributed by atoms with Crippen LogP contribution in [0.3, 0.4) is 0 Å². The second-order valence-corrected chi connectivity index (χ2v) is 4.82. The fourth-order valence-corrected chi connectivity index (χ4v) is 2.56. The van der Waals surface area contributed by atoms with E-state index in [0.29, 0.717) is 12.4 Å². The van der Waals surface area contributed by atoms with Gasteiger partial charge in [0, 0.05) is 17.4 Å². The first-order chi connectivity index (χ1) is 8.24. The van der Waals surface area contributed by atoms with Crippen molar-refractivity contribution in [2.75, 3.05) is 6.61 Å². The van der Waals surface area contributed by atoms with Crippen LogP contribution < -0.4 is 4.74 Å². The topological polar surface area (TPSA) is 26.3 Å². The molecule has 0 amide bonds. The summed E-state index contributed by atoms with van der Waals surface area (Å²) in [7, 11) is 0. The van der Waals surface area contributed by atoms with E-state index < -0.39 is 0 Å². The minimum atomic E-state index is 0.0431. The van der Waals surface area contributed by atoms with Crippen LogP contribution in [0.2, 0.25) is 0 Å². The molecule has 1 aromatic rings. The summed E-state index contributed by atoms with van der Waals surface area (Å²) >= 11 is 0. The number of fused-ring (bicyclic) bond motifs is 1. The normalized spacial score (nSPS) is 20.2. The van der Waals surface area contributed by atoms with Crippen molar-refractivity contribution in [2.24, 2.45) is 5.92 Å². The van der Waals surface area contributed by atoms with Gasteiger partial charge in [0.2, 0.25) is 0 Å². The molecule has 0 aliphatic carbocycles. The largest absolute Gasteiger partial charge is 0.493 e. The Morgan fingerprint density at radius 1 is 1.47 bits per heavy atom.